The number of rotatable bonds is 9. The number of nitrogen functional groups attached to an aromatic ring is 2. The molecule has 1 fully saturated rings. The summed E-state index contributed by atoms with van der Waals surface area (Å²) in [6, 6.07) is 4.14. The molecule has 0 radical (unpaired) electrons. The van der Waals surface area contributed by atoms with Crippen LogP contribution in [0, 0.1) is 0 Å². The lowest BCUT2D eigenvalue weighted by molar-refractivity contribution is -0.150. The minimum atomic E-state index is -1.21. The van der Waals surface area contributed by atoms with E-state index in [-0.39, 0.29) is 28.9 Å². The number of fused-ring (bicyclic) bond motifs is 1. The first kappa shape index (κ1) is 27.5. The molecule has 1 aromatic heterocycles. The number of carboxylic acids is 1. The molecule has 0 aliphatic carbocycles. The van der Waals surface area contributed by atoms with Crippen LogP contribution in [0.15, 0.2) is 57.9 Å². The second-order valence-corrected chi connectivity index (χ2v) is 11.7. The van der Waals surface area contributed by atoms with Gasteiger partial charge in [-0.3, -0.25) is 14.5 Å². The number of benzene rings is 1. The van der Waals surface area contributed by atoms with Crippen molar-refractivity contribution in [3.63, 3.8) is 0 Å². The SMILES string of the molecule is Nc1ncnc(SC/C=C/C2=C(C(=O)O)N3C(=O)[C@@H](NC(=O)CSc4cc(Cl)ccc4Cl)[C@H]3SC2)c1N. The molecular weight excluding hydrogens is 579 g/mol. The summed E-state index contributed by atoms with van der Waals surface area (Å²) < 4.78 is 0. The first-order valence-corrected chi connectivity index (χ1v) is 14.4. The molecule has 0 bridgehead atoms. The highest BCUT2D eigenvalue weighted by atomic mass is 35.5. The number of allylic oxidation sites excluding steroid dienone is 1. The Morgan fingerprint density at radius 1 is 1.27 bits per heavy atom. The lowest BCUT2D eigenvalue weighted by Gasteiger charge is -2.49. The van der Waals surface area contributed by atoms with E-state index in [9.17, 15) is 19.5 Å². The van der Waals surface area contributed by atoms with Gasteiger partial charge >= 0.3 is 5.97 Å². The van der Waals surface area contributed by atoms with Crippen molar-refractivity contribution in [2.45, 2.75) is 21.3 Å². The Morgan fingerprint density at radius 2 is 2.05 bits per heavy atom. The van der Waals surface area contributed by atoms with Crippen molar-refractivity contribution >= 4 is 87.8 Å². The molecule has 15 heteroatoms. The summed E-state index contributed by atoms with van der Waals surface area (Å²) in [6.07, 6.45) is 4.75. The minimum Gasteiger partial charge on any atom is -0.477 e. The molecule has 194 valence electrons. The number of hydrogen-bond donors (Lipinski definition) is 4. The molecule has 2 atom stereocenters. The van der Waals surface area contributed by atoms with Crippen molar-refractivity contribution in [3.05, 3.63) is 58.0 Å². The van der Waals surface area contributed by atoms with Crippen LogP contribution in [-0.2, 0) is 14.4 Å². The maximum absolute atomic E-state index is 12.8. The predicted molar refractivity (Wildman–Crippen MR) is 148 cm³/mol. The summed E-state index contributed by atoms with van der Waals surface area (Å²) in [5.41, 5.74) is 12.2. The fourth-order valence-corrected chi connectivity index (χ4v) is 6.90. The number of halogens is 2. The third-order valence-corrected chi connectivity index (χ3v) is 9.27. The van der Waals surface area contributed by atoms with E-state index in [4.69, 9.17) is 34.7 Å². The second kappa shape index (κ2) is 11.9. The summed E-state index contributed by atoms with van der Waals surface area (Å²) >= 11 is 16.0. The van der Waals surface area contributed by atoms with Crippen molar-refractivity contribution in [3.8, 4) is 0 Å². The molecule has 10 nitrogen and oxygen atoms in total. The lowest BCUT2D eigenvalue weighted by atomic mass is 10.0. The number of aromatic nitrogens is 2. The van der Waals surface area contributed by atoms with Crippen LogP contribution in [0.25, 0.3) is 0 Å². The molecule has 37 heavy (non-hydrogen) atoms. The third-order valence-electron chi connectivity index (χ3n) is 5.28. The number of nitrogens with one attached hydrogen (secondary N) is 1. The zero-order valence-electron chi connectivity index (χ0n) is 18.9. The van der Waals surface area contributed by atoms with Crippen LogP contribution in [0.3, 0.4) is 0 Å². The number of nitrogens with zero attached hydrogens (tertiary/aromatic N) is 3. The van der Waals surface area contributed by atoms with Gasteiger partial charge in [-0.15, -0.1) is 23.5 Å². The Kier molecular flexibility index (Phi) is 8.80. The highest BCUT2D eigenvalue weighted by Gasteiger charge is 2.53. The molecule has 4 rings (SSSR count). The van der Waals surface area contributed by atoms with Gasteiger partial charge < -0.3 is 21.9 Å². The van der Waals surface area contributed by atoms with Gasteiger partial charge in [-0.1, -0.05) is 47.1 Å². The van der Waals surface area contributed by atoms with Crippen LogP contribution in [0.1, 0.15) is 0 Å². The van der Waals surface area contributed by atoms with Gasteiger partial charge in [-0.25, -0.2) is 14.8 Å². The smallest absolute Gasteiger partial charge is 0.352 e. The first-order chi connectivity index (χ1) is 17.7. The van der Waals surface area contributed by atoms with Gasteiger partial charge in [0.25, 0.3) is 5.91 Å². The standard InChI is InChI=1S/C22H20Cl2N6O4S3/c23-11-3-4-12(24)13(6-11)36-8-14(31)29-16-20(32)30-17(22(33)34)10(7-37-21(16)30)2-1-5-35-19-15(25)18(26)27-9-28-19/h1-4,6,9,16,21H,5,7-8,25H2,(H,29,31)(H,33,34)(H2,26,27,28)/b2-1+/t16-,21-/m1/s1. The van der Waals surface area contributed by atoms with E-state index in [0.717, 1.165) is 0 Å². The largest absolute Gasteiger partial charge is 0.477 e. The van der Waals surface area contributed by atoms with Crippen LogP contribution in [0.2, 0.25) is 10.0 Å². The summed E-state index contributed by atoms with van der Waals surface area (Å²) in [5, 5.41) is 13.5. The van der Waals surface area contributed by atoms with Crippen LogP contribution in [0.4, 0.5) is 11.5 Å². The van der Waals surface area contributed by atoms with Gasteiger partial charge in [-0.05, 0) is 23.8 Å². The summed E-state index contributed by atoms with van der Waals surface area (Å²) in [7, 11) is 0. The third kappa shape index (κ3) is 6.12. The summed E-state index contributed by atoms with van der Waals surface area (Å²) in [4.78, 5) is 47.1. The van der Waals surface area contributed by atoms with E-state index in [1.54, 1.807) is 30.4 Å². The van der Waals surface area contributed by atoms with E-state index in [0.29, 0.717) is 37.0 Å². The van der Waals surface area contributed by atoms with Crippen molar-refractivity contribution in [1.29, 1.82) is 0 Å². The highest BCUT2D eigenvalue weighted by Crippen LogP contribution is 2.41. The number of thioether (sulfide) groups is 3. The van der Waals surface area contributed by atoms with Crippen LogP contribution in [0.5, 0.6) is 0 Å². The van der Waals surface area contributed by atoms with Gasteiger partial charge in [0.05, 0.1) is 10.8 Å². The van der Waals surface area contributed by atoms with Crippen LogP contribution in [-0.4, -0.2) is 66.4 Å². The number of carboxylic acid groups (broad SMARTS) is 1. The quantitative estimate of drug-likeness (QED) is 0.190. The average molecular weight is 600 g/mol. The van der Waals surface area contributed by atoms with Gasteiger partial charge in [-0.2, -0.15) is 0 Å². The summed E-state index contributed by atoms with van der Waals surface area (Å²) in [5.74, 6) is -1.03. The van der Waals surface area contributed by atoms with E-state index >= 15 is 0 Å². The fraction of sp³-hybridized carbons (Fsp3) is 0.227. The number of carbonyl (C=O) groups is 3. The first-order valence-electron chi connectivity index (χ1n) is 10.6. The van der Waals surface area contributed by atoms with Crippen molar-refractivity contribution in [1.82, 2.24) is 20.2 Å². The second-order valence-electron chi connectivity index (χ2n) is 7.69. The van der Waals surface area contributed by atoms with Crippen LogP contribution >= 0.6 is 58.5 Å². The molecule has 2 aromatic rings. The normalized spacial score (nSPS) is 19.1. The van der Waals surface area contributed by atoms with Crippen LogP contribution < -0.4 is 16.8 Å². The van der Waals surface area contributed by atoms with E-state index in [1.807, 2.05) is 0 Å². The predicted octanol–water partition coefficient (Wildman–Crippen LogP) is 3.13. The molecule has 1 aromatic carbocycles. The number of carbonyl (C=O) groups excluding carboxylic acids is 2. The fourth-order valence-electron chi connectivity index (χ4n) is 3.54. The zero-order valence-corrected chi connectivity index (χ0v) is 22.9. The molecule has 6 N–H and O–H groups in total. The Labute approximate surface area is 234 Å². The molecule has 0 unspecified atom stereocenters. The molecule has 0 saturated carbocycles. The van der Waals surface area contributed by atoms with Gasteiger partial charge in [0, 0.05) is 21.4 Å². The highest BCUT2D eigenvalue weighted by molar-refractivity contribution is 8.00. The molecule has 2 aliphatic rings. The average Bonchev–Trinajstić information content (AvgIpc) is 2.87. The van der Waals surface area contributed by atoms with Gasteiger partial charge in [0.2, 0.25) is 5.91 Å². The van der Waals surface area contributed by atoms with Crippen molar-refractivity contribution < 1.29 is 19.5 Å². The minimum absolute atomic E-state index is 0.0248. The zero-order chi connectivity index (χ0) is 26.7. The number of β-lactam (4-membered cyclic amide) rings is 1. The molecule has 2 aliphatic heterocycles. The Balaban J connectivity index is 1.37. The Bertz CT molecular complexity index is 1330. The van der Waals surface area contributed by atoms with E-state index in [2.05, 4.69) is 15.3 Å². The number of nitrogens with two attached hydrogens (primary N) is 2. The Morgan fingerprint density at radius 3 is 2.81 bits per heavy atom. The molecule has 0 spiro atoms. The number of hydrogen-bond acceptors (Lipinski definition) is 10. The van der Waals surface area contributed by atoms with Gasteiger partial charge in [0.15, 0.2) is 5.82 Å². The monoisotopic (exact) mass is 598 g/mol. The molecular formula is C22H20Cl2N6O4S3. The van der Waals surface area contributed by atoms with Gasteiger partial charge in [0.1, 0.15) is 34.2 Å². The topological polar surface area (TPSA) is 165 Å². The molecule has 1 saturated heterocycles. The molecule has 2 amide bonds. The lowest BCUT2D eigenvalue weighted by Crippen LogP contribution is -2.70. The van der Waals surface area contributed by atoms with Crippen molar-refractivity contribution in [2.24, 2.45) is 0 Å². The van der Waals surface area contributed by atoms with E-state index < -0.39 is 23.3 Å². The molecule has 3 heterocycles. The number of amides is 2. The Hall–Kier alpha value is -2.58. The number of anilines is 2. The van der Waals surface area contributed by atoms with E-state index in [1.165, 1.54) is 46.5 Å². The maximum Gasteiger partial charge on any atom is 0.352 e. The number of aliphatic carboxylic acids is 1. The van der Waals surface area contributed by atoms with Crippen molar-refractivity contribution in [2.75, 3.05) is 28.7 Å². The summed E-state index contributed by atoms with van der Waals surface area (Å²) in [6.45, 7) is 0. The maximum atomic E-state index is 12.8.